The van der Waals surface area contributed by atoms with Crippen LogP contribution < -0.4 is 0 Å². The molecule has 0 aromatic carbocycles. The molecule has 0 spiro atoms. The number of rotatable bonds is 1. The highest BCUT2D eigenvalue weighted by atomic mass is 35.5. The molecule has 0 bridgehead atoms. The Bertz CT molecular complexity index is 585. The van der Waals surface area contributed by atoms with E-state index in [-0.39, 0.29) is 28.2 Å². The van der Waals surface area contributed by atoms with Crippen molar-refractivity contribution in [2.45, 2.75) is 33.2 Å². The molecule has 2 amide bonds. The lowest BCUT2D eigenvalue weighted by molar-refractivity contribution is 0.0593. The summed E-state index contributed by atoms with van der Waals surface area (Å²) < 4.78 is 0. The van der Waals surface area contributed by atoms with Crippen LogP contribution in [0.2, 0.25) is 5.15 Å². The molecular weight excluding hydrogens is 320 g/mol. The van der Waals surface area contributed by atoms with Gasteiger partial charge < -0.3 is 14.9 Å². The topological polar surface area (TPSA) is 86.6 Å². The summed E-state index contributed by atoms with van der Waals surface area (Å²) in [6.07, 6.45) is 2.31. The number of carbonyl (C=O) groups excluding carboxylic acids is 1. The second kappa shape index (κ2) is 6.70. The van der Waals surface area contributed by atoms with Crippen molar-refractivity contribution in [2.24, 2.45) is 5.41 Å². The normalized spacial score (nSPS) is 19.4. The molecule has 1 aromatic rings. The van der Waals surface area contributed by atoms with Crippen LogP contribution in [0, 0.1) is 5.41 Å². The first-order valence-electron chi connectivity index (χ1n) is 7.46. The molecule has 1 aliphatic heterocycles. The van der Waals surface area contributed by atoms with E-state index in [1.807, 2.05) is 20.8 Å². The average molecular weight is 341 g/mol. The third kappa shape index (κ3) is 4.10. The van der Waals surface area contributed by atoms with Gasteiger partial charge in [0, 0.05) is 19.6 Å². The van der Waals surface area contributed by atoms with Crippen molar-refractivity contribution < 1.29 is 14.7 Å². The molecule has 126 valence electrons. The quantitative estimate of drug-likeness (QED) is 0.848. The zero-order valence-electron chi connectivity index (χ0n) is 13.5. The molecular formula is C15H21ClN4O3. The first-order valence-corrected chi connectivity index (χ1v) is 7.84. The first-order chi connectivity index (χ1) is 10.7. The first kappa shape index (κ1) is 17.5. The maximum absolute atomic E-state index is 12.6. The lowest BCUT2D eigenvalue weighted by Crippen LogP contribution is -2.51. The van der Waals surface area contributed by atoms with E-state index in [9.17, 15) is 14.7 Å². The van der Waals surface area contributed by atoms with Gasteiger partial charge in [-0.1, -0.05) is 32.4 Å². The van der Waals surface area contributed by atoms with Gasteiger partial charge in [-0.3, -0.25) is 4.79 Å². The maximum Gasteiger partial charge on any atom is 0.407 e. The van der Waals surface area contributed by atoms with E-state index in [1.165, 1.54) is 17.3 Å². The number of nitrogens with zero attached hydrogens (tertiary/aromatic N) is 4. The molecule has 0 aliphatic carbocycles. The Hall–Kier alpha value is -1.89. The second-order valence-corrected chi connectivity index (χ2v) is 7.07. The van der Waals surface area contributed by atoms with Crippen LogP contribution >= 0.6 is 11.6 Å². The maximum atomic E-state index is 12.6. The fourth-order valence-electron chi connectivity index (χ4n) is 2.73. The number of carboxylic acid groups (broad SMARTS) is 1. The molecule has 0 saturated carbocycles. The van der Waals surface area contributed by atoms with Gasteiger partial charge in [0.15, 0.2) is 0 Å². The number of hydrogen-bond donors (Lipinski definition) is 1. The third-order valence-corrected chi connectivity index (χ3v) is 4.16. The predicted molar refractivity (Wildman–Crippen MR) is 85.5 cm³/mol. The van der Waals surface area contributed by atoms with Crippen molar-refractivity contribution in [1.29, 1.82) is 0 Å². The van der Waals surface area contributed by atoms with E-state index >= 15 is 0 Å². The van der Waals surface area contributed by atoms with Gasteiger partial charge in [-0.25, -0.2) is 14.8 Å². The molecule has 1 aromatic heterocycles. The van der Waals surface area contributed by atoms with Gasteiger partial charge in [-0.05, 0) is 11.8 Å². The lowest BCUT2D eigenvalue weighted by atomic mass is 9.85. The van der Waals surface area contributed by atoms with E-state index in [1.54, 1.807) is 4.90 Å². The molecule has 7 nitrogen and oxygen atoms in total. The summed E-state index contributed by atoms with van der Waals surface area (Å²) in [5.41, 5.74) is -0.0711. The van der Waals surface area contributed by atoms with Gasteiger partial charge in [-0.15, -0.1) is 0 Å². The third-order valence-electron chi connectivity index (χ3n) is 3.97. The number of amides is 2. The smallest absolute Gasteiger partial charge is 0.407 e. The van der Waals surface area contributed by atoms with Gasteiger partial charge >= 0.3 is 6.09 Å². The predicted octanol–water partition coefficient (Wildman–Crippen LogP) is 2.37. The summed E-state index contributed by atoms with van der Waals surface area (Å²) in [6, 6.07) is -0.285. The number of aromatic nitrogens is 2. The molecule has 1 atom stereocenters. The van der Waals surface area contributed by atoms with E-state index in [4.69, 9.17) is 11.6 Å². The fourth-order valence-corrected chi connectivity index (χ4v) is 2.82. The molecule has 1 unspecified atom stereocenters. The largest absolute Gasteiger partial charge is 0.465 e. The van der Waals surface area contributed by atoms with Gasteiger partial charge in [-0.2, -0.15) is 0 Å². The van der Waals surface area contributed by atoms with E-state index in [2.05, 4.69) is 9.97 Å². The van der Waals surface area contributed by atoms with E-state index < -0.39 is 6.09 Å². The monoisotopic (exact) mass is 340 g/mol. The highest BCUT2D eigenvalue weighted by Gasteiger charge is 2.38. The minimum Gasteiger partial charge on any atom is -0.465 e. The fraction of sp³-hybridized carbons (Fsp3) is 0.600. The van der Waals surface area contributed by atoms with E-state index in [0.717, 1.165) is 0 Å². The minimum atomic E-state index is -0.953. The SMILES string of the molecule is CC(C)(C)C1CN(C(=O)c2cnc(Cl)cn2)CCCN1C(=O)O. The Morgan fingerprint density at radius 1 is 1.26 bits per heavy atom. The molecule has 0 radical (unpaired) electrons. The Morgan fingerprint density at radius 3 is 2.48 bits per heavy atom. The summed E-state index contributed by atoms with van der Waals surface area (Å²) in [7, 11) is 0. The average Bonchev–Trinajstić information content (AvgIpc) is 2.70. The van der Waals surface area contributed by atoms with Gasteiger partial charge in [0.2, 0.25) is 0 Å². The van der Waals surface area contributed by atoms with E-state index in [0.29, 0.717) is 26.1 Å². The number of halogens is 1. The van der Waals surface area contributed by atoms with Crippen LogP contribution in [-0.2, 0) is 0 Å². The summed E-state index contributed by atoms with van der Waals surface area (Å²) >= 11 is 5.69. The van der Waals surface area contributed by atoms with Crippen molar-refractivity contribution in [2.75, 3.05) is 19.6 Å². The second-order valence-electron chi connectivity index (χ2n) is 6.69. The van der Waals surface area contributed by atoms with Crippen molar-refractivity contribution in [3.8, 4) is 0 Å². The standard InChI is InChI=1S/C15H21ClN4O3/c1-15(2,3)11-9-19(5-4-6-20(11)14(22)23)13(21)10-7-18-12(16)8-17-10/h7-8,11H,4-6,9H2,1-3H3,(H,22,23). The van der Waals surface area contributed by atoms with Crippen molar-refractivity contribution in [3.63, 3.8) is 0 Å². The summed E-state index contributed by atoms with van der Waals surface area (Å²) in [5.74, 6) is -0.254. The summed E-state index contributed by atoms with van der Waals surface area (Å²) in [6.45, 7) is 7.16. The van der Waals surface area contributed by atoms with Crippen LogP contribution in [0.15, 0.2) is 12.4 Å². The van der Waals surface area contributed by atoms with Crippen molar-refractivity contribution >= 4 is 23.6 Å². The number of hydrogen-bond acceptors (Lipinski definition) is 4. The molecule has 8 heteroatoms. The molecule has 1 aliphatic rings. The molecule has 23 heavy (non-hydrogen) atoms. The zero-order valence-corrected chi connectivity index (χ0v) is 14.2. The highest BCUT2D eigenvalue weighted by molar-refractivity contribution is 6.29. The van der Waals surface area contributed by atoms with Crippen LogP contribution in [-0.4, -0.2) is 62.6 Å². The lowest BCUT2D eigenvalue weighted by Gasteiger charge is -2.38. The van der Waals surface area contributed by atoms with Crippen LogP contribution in [0.1, 0.15) is 37.7 Å². The van der Waals surface area contributed by atoms with Crippen LogP contribution in [0.5, 0.6) is 0 Å². The Morgan fingerprint density at radius 2 is 1.96 bits per heavy atom. The van der Waals surface area contributed by atoms with Crippen LogP contribution in [0.25, 0.3) is 0 Å². The Kier molecular flexibility index (Phi) is 5.09. The molecule has 2 rings (SSSR count). The molecule has 1 saturated heterocycles. The zero-order chi connectivity index (χ0) is 17.2. The van der Waals surface area contributed by atoms with Crippen LogP contribution in [0.3, 0.4) is 0 Å². The van der Waals surface area contributed by atoms with Crippen molar-refractivity contribution in [1.82, 2.24) is 19.8 Å². The Labute approximate surface area is 140 Å². The van der Waals surface area contributed by atoms with Gasteiger partial charge in [0.05, 0.1) is 18.4 Å². The molecule has 1 N–H and O–H groups in total. The van der Waals surface area contributed by atoms with Gasteiger partial charge in [0.25, 0.3) is 5.91 Å². The molecule has 2 heterocycles. The molecule has 1 fully saturated rings. The minimum absolute atomic E-state index is 0.214. The number of carbonyl (C=O) groups is 2. The summed E-state index contributed by atoms with van der Waals surface area (Å²) in [4.78, 5) is 35.1. The highest BCUT2D eigenvalue weighted by Crippen LogP contribution is 2.28. The van der Waals surface area contributed by atoms with Crippen LogP contribution in [0.4, 0.5) is 4.79 Å². The van der Waals surface area contributed by atoms with Crippen molar-refractivity contribution in [3.05, 3.63) is 23.2 Å². The Balaban J connectivity index is 2.24. The summed E-state index contributed by atoms with van der Waals surface area (Å²) in [5, 5.41) is 9.68. The van der Waals surface area contributed by atoms with Gasteiger partial charge in [0.1, 0.15) is 10.8 Å².